The molecule has 16 heavy (non-hydrogen) atoms. The van der Waals surface area contributed by atoms with Crippen molar-refractivity contribution < 1.29 is 8.78 Å². The molecule has 1 aliphatic carbocycles. The molecule has 0 amide bonds. The van der Waals surface area contributed by atoms with Gasteiger partial charge in [-0.2, -0.15) is 0 Å². The van der Waals surface area contributed by atoms with Gasteiger partial charge in [0.25, 0.3) is 0 Å². The molecule has 0 unspecified atom stereocenters. The van der Waals surface area contributed by atoms with E-state index in [0.717, 1.165) is 37.9 Å². The van der Waals surface area contributed by atoms with Crippen LogP contribution >= 0.6 is 0 Å². The van der Waals surface area contributed by atoms with Crippen molar-refractivity contribution in [3.8, 4) is 0 Å². The van der Waals surface area contributed by atoms with Crippen LogP contribution in [-0.4, -0.2) is 17.1 Å². The van der Waals surface area contributed by atoms with Crippen molar-refractivity contribution in [2.45, 2.75) is 37.8 Å². The lowest BCUT2D eigenvalue weighted by Gasteiger charge is -2.27. The number of anilines is 1. The second-order valence-corrected chi connectivity index (χ2v) is 4.24. The Morgan fingerprint density at radius 2 is 1.94 bits per heavy atom. The van der Waals surface area contributed by atoms with Crippen LogP contribution in [0.25, 0.3) is 0 Å². The number of rotatable bonds is 2. The molecule has 1 fully saturated rings. The fourth-order valence-corrected chi connectivity index (χ4v) is 1.98. The third kappa shape index (κ3) is 2.66. The molecule has 0 bridgehead atoms. The summed E-state index contributed by atoms with van der Waals surface area (Å²) in [4.78, 5) is 3.70. The predicted octanol–water partition coefficient (Wildman–Crippen LogP) is 2.04. The smallest absolute Gasteiger partial charge is 0.168 e. The van der Waals surface area contributed by atoms with Crippen LogP contribution in [0.15, 0.2) is 12.3 Å². The summed E-state index contributed by atoms with van der Waals surface area (Å²) >= 11 is 0. The van der Waals surface area contributed by atoms with Gasteiger partial charge in [0.05, 0.1) is 6.20 Å². The zero-order valence-electron chi connectivity index (χ0n) is 8.92. The van der Waals surface area contributed by atoms with Crippen molar-refractivity contribution in [2.24, 2.45) is 5.73 Å². The van der Waals surface area contributed by atoms with Gasteiger partial charge < -0.3 is 11.1 Å². The van der Waals surface area contributed by atoms with E-state index in [1.54, 1.807) is 0 Å². The summed E-state index contributed by atoms with van der Waals surface area (Å²) in [6.07, 6.45) is 4.68. The topological polar surface area (TPSA) is 50.9 Å². The Kier molecular flexibility index (Phi) is 3.33. The maximum Gasteiger partial charge on any atom is 0.168 e. The Morgan fingerprint density at radius 1 is 1.25 bits per heavy atom. The lowest BCUT2D eigenvalue weighted by Crippen LogP contribution is -2.33. The highest BCUT2D eigenvalue weighted by molar-refractivity contribution is 5.37. The molecule has 1 saturated carbocycles. The van der Waals surface area contributed by atoms with E-state index in [1.807, 2.05) is 0 Å². The number of hydrogen-bond donors (Lipinski definition) is 2. The van der Waals surface area contributed by atoms with Gasteiger partial charge >= 0.3 is 0 Å². The number of nitrogens with zero attached hydrogens (tertiary/aromatic N) is 1. The van der Waals surface area contributed by atoms with Crippen molar-refractivity contribution in [3.05, 3.63) is 23.9 Å². The average Bonchev–Trinajstić information content (AvgIpc) is 2.25. The zero-order valence-corrected chi connectivity index (χ0v) is 8.92. The molecule has 0 spiro atoms. The molecular weight excluding hydrogens is 212 g/mol. The average molecular weight is 227 g/mol. The Morgan fingerprint density at radius 3 is 2.56 bits per heavy atom. The van der Waals surface area contributed by atoms with Gasteiger partial charge in [-0.15, -0.1) is 0 Å². The summed E-state index contributed by atoms with van der Waals surface area (Å²) in [5, 5.41) is 2.99. The molecule has 1 aromatic heterocycles. The highest BCUT2D eigenvalue weighted by Gasteiger charge is 2.19. The zero-order chi connectivity index (χ0) is 11.5. The molecule has 0 aromatic carbocycles. The van der Waals surface area contributed by atoms with Crippen LogP contribution in [-0.2, 0) is 0 Å². The molecular formula is C11H15F2N3. The number of aromatic nitrogens is 1. The van der Waals surface area contributed by atoms with Gasteiger partial charge in [-0.05, 0) is 25.7 Å². The van der Waals surface area contributed by atoms with E-state index < -0.39 is 11.6 Å². The van der Waals surface area contributed by atoms with Crippen LogP contribution in [0.5, 0.6) is 0 Å². The summed E-state index contributed by atoms with van der Waals surface area (Å²) in [5.41, 5.74) is 5.77. The predicted molar refractivity (Wildman–Crippen MR) is 58.0 cm³/mol. The Bertz CT molecular complexity index is 362. The van der Waals surface area contributed by atoms with Crippen LogP contribution in [0.2, 0.25) is 0 Å². The molecule has 2 rings (SSSR count). The Hall–Kier alpha value is -1.23. The highest BCUT2D eigenvalue weighted by atomic mass is 19.1. The van der Waals surface area contributed by atoms with Crippen molar-refractivity contribution in [1.82, 2.24) is 4.98 Å². The van der Waals surface area contributed by atoms with Gasteiger partial charge in [-0.25, -0.2) is 13.8 Å². The number of nitrogens with one attached hydrogen (secondary N) is 1. The summed E-state index contributed by atoms with van der Waals surface area (Å²) in [7, 11) is 0. The minimum atomic E-state index is -0.659. The molecule has 1 aromatic rings. The monoisotopic (exact) mass is 227 g/mol. The second kappa shape index (κ2) is 4.74. The van der Waals surface area contributed by atoms with Gasteiger partial charge in [-0.1, -0.05) is 0 Å². The van der Waals surface area contributed by atoms with Gasteiger partial charge in [-0.3, -0.25) is 0 Å². The van der Waals surface area contributed by atoms with Crippen LogP contribution in [0.4, 0.5) is 14.6 Å². The van der Waals surface area contributed by atoms with Crippen molar-refractivity contribution in [3.63, 3.8) is 0 Å². The first-order valence-electron chi connectivity index (χ1n) is 5.48. The molecule has 3 nitrogen and oxygen atoms in total. The standard InChI is InChI=1S/C11H15F2N3/c12-7-5-10(13)11(15-6-7)16-9-3-1-8(14)2-4-9/h5-6,8-9H,1-4,14H2,(H,15,16). The van der Waals surface area contributed by atoms with E-state index in [0.29, 0.717) is 0 Å². The van der Waals surface area contributed by atoms with Gasteiger partial charge in [0.2, 0.25) is 0 Å². The second-order valence-electron chi connectivity index (χ2n) is 4.24. The molecule has 3 N–H and O–H groups in total. The van der Waals surface area contributed by atoms with Gasteiger partial charge in [0.1, 0.15) is 5.82 Å². The maximum atomic E-state index is 13.3. The SMILES string of the molecule is NC1CCC(Nc2ncc(F)cc2F)CC1. The first kappa shape index (κ1) is 11.3. The Balaban J connectivity index is 1.98. The fourth-order valence-electron chi connectivity index (χ4n) is 1.98. The number of nitrogens with two attached hydrogens (primary N) is 1. The lowest BCUT2D eigenvalue weighted by molar-refractivity contribution is 0.409. The van der Waals surface area contributed by atoms with Gasteiger partial charge in [0.15, 0.2) is 11.6 Å². The highest BCUT2D eigenvalue weighted by Crippen LogP contribution is 2.21. The summed E-state index contributed by atoms with van der Waals surface area (Å²) < 4.78 is 25.9. The number of pyridine rings is 1. The van der Waals surface area contributed by atoms with E-state index in [4.69, 9.17) is 5.73 Å². The molecule has 0 saturated heterocycles. The van der Waals surface area contributed by atoms with E-state index in [9.17, 15) is 8.78 Å². The largest absolute Gasteiger partial charge is 0.365 e. The quantitative estimate of drug-likeness (QED) is 0.813. The fraction of sp³-hybridized carbons (Fsp3) is 0.545. The molecule has 0 atom stereocenters. The molecule has 0 radical (unpaired) electrons. The minimum Gasteiger partial charge on any atom is -0.365 e. The van der Waals surface area contributed by atoms with E-state index in [-0.39, 0.29) is 17.9 Å². The van der Waals surface area contributed by atoms with E-state index in [2.05, 4.69) is 10.3 Å². The van der Waals surface area contributed by atoms with Crippen LogP contribution in [0, 0.1) is 11.6 Å². The minimum absolute atomic E-state index is 0.127. The first-order chi connectivity index (χ1) is 7.65. The van der Waals surface area contributed by atoms with Crippen molar-refractivity contribution >= 4 is 5.82 Å². The summed E-state index contributed by atoms with van der Waals surface area (Å²) in [6.45, 7) is 0. The Labute approximate surface area is 93.1 Å². The summed E-state index contributed by atoms with van der Waals surface area (Å²) in [5.74, 6) is -1.18. The first-order valence-corrected chi connectivity index (χ1v) is 5.48. The van der Waals surface area contributed by atoms with Crippen molar-refractivity contribution in [1.29, 1.82) is 0 Å². The summed E-state index contributed by atoms with van der Waals surface area (Å²) in [6, 6.07) is 1.28. The molecule has 1 heterocycles. The van der Waals surface area contributed by atoms with Crippen molar-refractivity contribution in [2.75, 3.05) is 5.32 Å². The van der Waals surface area contributed by atoms with Crippen LogP contribution in [0.3, 0.4) is 0 Å². The number of halogens is 2. The lowest BCUT2D eigenvalue weighted by atomic mass is 9.92. The van der Waals surface area contributed by atoms with E-state index >= 15 is 0 Å². The molecule has 1 aliphatic rings. The van der Waals surface area contributed by atoms with Crippen LogP contribution in [0.1, 0.15) is 25.7 Å². The third-order valence-electron chi connectivity index (χ3n) is 2.92. The maximum absolute atomic E-state index is 13.3. The van der Waals surface area contributed by atoms with Gasteiger partial charge in [0, 0.05) is 18.2 Å². The molecule has 5 heteroatoms. The normalized spacial score (nSPS) is 25.4. The third-order valence-corrected chi connectivity index (χ3v) is 2.92. The number of hydrogen-bond acceptors (Lipinski definition) is 3. The molecule has 0 aliphatic heterocycles. The molecule has 88 valence electrons. The van der Waals surface area contributed by atoms with E-state index in [1.165, 1.54) is 0 Å². The van der Waals surface area contributed by atoms with Crippen LogP contribution < -0.4 is 11.1 Å².